The summed E-state index contributed by atoms with van der Waals surface area (Å²) in [5, 5.41) is 0. The zero-order chi connectivity index (χ0) is 19.9. The van der Waals surface area contributed by atoms with E-state index in [9.17, 15) is 9.59 Å². The number of anilines is 1. The van der Waals surface area contributed by atoms with E-state index in [-0.39, 0.29) is 35.5 Å². The van der Waals surface area contributed by atoms with Gasteiger partial charge >= 0.3 is 0 Å². The first-order chi connectivity index (χ1) is 14.1. The summed E-state index contributed by atoms with van der Waals surface area (Å²) in [7, 11) is 0. The van der Waals surface area contributed by atoms with Crippen LogP contribution in [-0.2, 0) is 9.59 Å². The highest BCUT2D eigenvalue weighted by atomic mass is 16.2. The van der Waals surface area contributed by atoms with Crippen molar-refractivity contribution in [2.45, 2.75) is 25.7 Å². The number of nitrogens with zero attached hydrogens (tertiary/aromatic N) is 1. The summed E-state index contributed by atoms with van der Waals surface area (Å²) in [4.78, 5) is 28.8. The third kappa shape index (κ3) is 2.02. The van der Waals surface area contributed by atoms with Crippen LogP contribution in [0.5, 0.6) is 0 Å². The van der Waals surface area contributed by atoms with Gasteiger partial charge in [0.1, 0.15) is 0 Å². The Hall–Kier alpha value is -3.20. The van der Waals surface area contributed by atoms with Crippen LogP contribution in [0.1, 0.15) is 45.2 Å². The Morgan fingerprint density at radius 2 is 1.07 bits per heavy atom. The van der Waals surface area contributed by atoms with Gasteiger partial charge in [0.25, 0.3) is 0 Å². The summed E-state index contributed by atoms with van der Waals surface area (Å²) in [6, 6.07) is 22.6. The van der Waals surface area contributed by atoms with Gasteiger partial charge in [-0.1, -0.05) is 54.6 Å². The highest BCUT2D eigenvalue weighted by Crippen LogP contribution is 2.61. The van der Waals surface area contributed by atoms with E-state index in [1.54, 1.807) is 0 Å². The van der Waals surface area contributed by atoms with Gasteiger partial charge in [-0.2, -0.15) is 0 Å². The largest absolute Gasteiger partial charge is 0.274 e. The Bertz CT molecular complexity index is 1100. The molecule has 142 valence electrons. The highest BCUT2D eigenvalue weighted by Gasteiger charge is 2.61. The molecule has 1 aliphatic heterocycles. The molecule has 3 heteroatoms. The Morgan fingerprint density at radius 3 is 1.48 bits per heavy atom. The zero-order valence-corrected chi connectivity index (χ0v) is 16.4. The first-order valence-electron chi connectivity index (χ1n) is 10.2. The molecule has 29 heavy (non-hydrogen) atoms. The maximum Gasteiger partial charge on any atom is 0.238 e. The number of rotatable bonds is 1. The van der Waals surface area contributed by atoms with Crippen molar-refractivity contribution in [3.8, 4) is 0 Å². The third-order valence-electron chi connectivity index (χ3n) is 7.20. The Balaban J connectivity index is 1.56. The summed E-state index contributed by atoms with van der Waals surface area (Å²) in [6.07, 6.45) is 0. The van der Waals surface area contributed by atoms with Crippen molar-refractivity contribution in [1.29, 1.82) is 0 Å². The lowest BCUT2D eigenvalue weighted by molar-refractivity contribution is -0.122. The number of carbonyl (C=O) groups is 2. The fraction of sp³-hybridized carbons (Fsp3) is 0.231. The number of imide groups is 1. The molecule has 0 aromatic heterocycles. The molecular weight excluding hydrogens is 358 g/mol. The molecule has 3 aromatic rings. The van der Waals surface area contributed by atoms with Gasteiger partial charge in [0, 0.05) is 11.8 Å². The molecule has 1 saturated heterocycles. The molecule has 3 aromatic carbocycles. The van der Waals surface area contributed by atoms with E-state index >= 15 is 0 Å². The second-order valence-corrected chi connectivity index (χ2v) is 8.55. The first-order valence-corrected chi connectivity index (χ1v) is 10.2. The van der Waals surface area contributed by atoms with Crippen LogP contribution in [0.2, 0.25) is 0 Å². The van der Waals surface area contributed by atoms with Gasteiger partial charge in [-0.3, -0.25) is 9.59 Å². The van der Waals surface area contributed by atoms with E-state index < -0.39 is 0 Å². The van der Waals surface area contributed by atoms with Crippen LogP contribution in [0.15, 0.2) is 66.7 Å². The number of hydrogen-bond acceptors (Lipinski definition) is 2. The number of benzene rings is 3. The fourth-order valence-electron chi connectivity index (χ4n) is 5.80. The maximum absolute atomic E-state index is 13.7. The second kappa shape index (κ2) is 5.66. The highest BCUT2D eigenvalue weighted by molar-refractivity contribution is 6.23. The van der Waals surface area contributed by atoms with E-state index in [1.165, 1.54) is 27.2 Å². The average Bonchev–Trinajstić information content (AvgIpc) is 3.01. The van der Waals surface area contributed by atoms with Crippen LogP contribution in [0.25, 0.3) is 0 Å². The van der Waals surface area contributed by atoms with Crippen molar-refractivity contribution in [3.63, 3.8) is 0 Å². The normalized spacial score (nSPS) is 26.3. The second-order valence-electron chi connectivity index (χ2n) is 8.55. The molecule has 2 bridgehead atoms. The summed E-state index contributed by atoms with van der Waals surface area (Å²) in [5.41, 5.74) is 7.78. The predicted octanol–water partition coefficient (Wildman–Crippen LogP) is 4.70. The van der Waals surface area contributed by atoms with Gasteiger partial charge in [0.15, 0.2) is 0 Å². The molecule has 2 amide bonds. The van der Waals surface area contributed by atoms with Crippen molar-refractivity contribution in [1.82, 2.24) is 0 Å². The number of hydrogen-bond donors (Lipinski definition) is 0. The summed E-state index contributed by atoms with van der Waals surface area (Å²) >= 11 is 0. The van der Waals surface area contributed by atoms with Crippen LogP contribution in [0.4, 0.5) is 5.69 Å². The average molecular weight is 379 g/mol. The van der Waals surface area contributed by atoms with Crippen molar-refractivity contribution in [3.05, 3.63) is 100 Å². The minimum Gasteiger partial charge on any atom is -0.274 e. The van der Waals surface area contributed by atoms with Crippen molar-refractivity contribution < 1.29 is 9.59 Å². The molecule has 4 aliphatic rings. The topological polar surface area (TPSA) is 37.4 Å². The first kappa shape index (κ1) is 16.7. The molecular formula is C26H21NO2. The molecule has 0 spiro atoms. The molecule has 0 radical (unpaired) electrons. The monoisotopic (exact) mass is 379 g/mol. The SMILES string of the molecule is Cc1ccc(N2C(=O)[C@@H]3C4c5ccccc5C(c5ccccc54)[C@@H]3C2=O)cc1C. The predicted molar refractivity (Wildman–Crippen MR) is 112 cm³/mol. The van der Waals surface area contributed by atoms with Gasteiger partial charge in [-0.25, -0.2) is 4.90 Å². The zero-order valence-electron chi connectivity index (χ0n) is 16.4. The van der Waals surface area contributed by atoms with E-state index in [2.05, 4.69) is 24.3 Å². The summed E-state index contributed by atoms with van der Waals surface area (Å²) in [5.74, 6) is -0.849. The van der Waals surface area contributed by atoms with Gasteiger partial charge < -0.3 is 0 Å². The van der Waals surface area contributed by atoms with Crippen LogP contribution in [0, 0.1) is 25.7 Å². The molecule has 0 N–H and O–H groups in total. The minimum absolute atomic E-state index is 0.0506. The fourth-order valence-corrected chi connectivity index (χ4v) is 5.80. The van der Waals surface area contributed by atoms with Gasteiger partial charge in [-0.05, 0) is 59.4 Å². The van der Waals surface area contributed by atoms with Crippen molar-refractivity contribution >= 4 is 17.5 Å². The molecule has 7 rings (SSSR count). The molecule has 0 unspecified atom stereocenters. The Morgan fingerprint density at radius 1 is 0.621 bits per heavy atom. The van der Waals surface area contributed by atoms with E-state index in [0.717, 1.165) is 11.1 Å². The number of carbonyl (C=O) groups excluding carboxylic acids is 2. The maximum atomic E-state index is 13.7. The molecule has 2 atom stereocenters. The molecule has 3 aliphatic carbocycles. The number of amides is 2. The smallest absolute Gasteiger partial charge is 0.238 e. The van der Waals surface area contributed by atoms with Crippen molar-refractivity contribution in [2.24, 2.45) is 11.8 Å². The quantitative estimate of drug-likeness (QED) is 0.575. The van der Waals surface area contributed by atoms with Gasteiger partial charge in [0.05, 0.1) is 17.5 Å². The van der Waals surface area contributed by atoms with Crippen LogP contribution in [0.3, 0.4) is 0 Å². The van der Waals surface area contributed by atoms with Gasteiger partial charge in [-0.15, -0.1) is 0 Å². The van der Waals surface area contributed by atoms with Crippen LogP contribution < -0.4 is 4.90 Å². The standard InChI is InChI=1S/C26H21NO2/c1-14-11-12-16(13-15(14)2)27-25(28)23-21-17-7-3-4-8-18(17)22(24(23)26(27)29)20-10-6-5-9-19(20)21/h3-13,21-24H,1-2H3/t21?,22?,23-,24+. The molecule has 3 nitrogen and oxygen atoms in total. The molecule has 1 fully saturated rings. The molecule has 1 heterocycles. The van der Waals surface area contributed by atoms with Gasteiger partial charge in [0.2, 0.25) is 11.8 Å². The number of aryl methyl sites for hydroxylation is 2. The third-order valence-corrected chi connectivity index (χ3v) is 7.20. The summed E-state index contributed by atoms with van der Waals surface area (Å²) in [6.45, 7) is 4.06. The lowest BCUT2D eigenvalue weighted by Gasteiger charge is -2.45. The van der Waals surface area contributed by atoms with E-state index in [0.29, 0.717) is 5.69 Å². The summed E-state index contributed by atoms with van der Waals surface area (Å²) < 4.78 is 0. The minimum atomic E-state index is -0.320. The van der Waals surface area contributed by atoms with Crippen LogP contribution in [-0.4, -0.2) is 11.8 Å². The van der Waals surface area contributed by atoms with E-state index in [1.807, 2.05) is 56.3 Å². The Kier molecular flexibility index (Phi) is 3.27. The van der Waals surface area contributed by atoms with E-state index in [4.69, 9.17) is 0 Å². The Labute approximate surface area is 170 Å². The van der Waals surface area contributed by atoms with Crippen molar-refractivity contribution in [2.75, 3.05) is 4.90 Å². The lowest BCUT2D eigenvalue weighted by Crippen LogP contribution is -2.41. The molecule has 0 saturated carbocycles. The van der Waals surface area contributed by atoms with Crippen LogP contribution >= 0.6 is 0 Å². The lowest BCUT2D eigenvalue weighted by atomic mass is 9.55.